The van der Waals surface area contributed by atoms with Crippen LogP contribution in [0.2, 0.25) is 0 Å². The van der Waals surface area contributed by atoms with E-state index in [1.807, 2.05) is 82.3 Å². The molecule has 0 aliphatic carbocycles. The number of nitrogens with one attached hydrogen (secondary N) is 1. The number of para-hydroxylation sites is 1. The molecule has 10 nitrogen and oxygen atoms in total. The van der Waals surface area contributed by atoms with Crippen LogP contribution >= 0.6 is 0 Å². The molecular formula is C39H47N3O7. The molecule has 10 heteroatoms. The Balaban J connectivity index is 1.50. The van der Waals surface area contributed by atoms with Crippen LogP contribution in [0.25, 0.3) is 0 Å². The molecule has 2 saturated heterocycles. The number of benzene rings is 2. The van der Waals surface area contributed by atoms with E-state index in [2.05, 4.69) is 5.32 Å². The number of aliphatic hydroxyl groups excluding tert-OH is 1. The van der Waals surface area contributed by atoms with Gasteiger partial charge in [0.25, 0.3) is 5.91 Å². The van der Waals surface area contributed by atoms with Crippen molar-refractivity contribution >= 4 is 29.4 Å². The third-order valence-corrected chi connectivity index (χ3v) is 10.8. The van der Waals surface area contributed by atoms with Crippen molar-refractivity contribution in [1.82, 2.24) is 10.2 Å². The summed E-state index contributed by atoms with van der Waals surface area (Å²) in [5.74, 6) is -3.92. The number of nitrogens with zero attached hydrogens (tertiary/aromatic N) is 2. The molecule has 0 unspecified atom stereocenters. The van der Waals surface area contributed by atoms with Crippen molar-refractivity contribution in [3.05, 3.63) is 89.5 Å². The number of hydrogen-bond donors (Lipinski definition) is 2. The number of carbonyl (C=O) groups excluding carboxylic acids is 4. The van der Waals surface area contributed by atoms with E-state index in [-0.39, 0.29) is 37.3 Å². The number of likely N-dealkylation sites (tertiary alicyclic amines) is 1. The standard InChI is InChI=1S/C39H47N3O7/c1-6-23(2)28(22-43)42-35-37(46)41(33-24(3)14-12-15-25(33)4)21-13-20-39(35)32(36(42)45)31-29(49-39)18-10-11-19-30(44)40-26(5)34(48-38(31)47)27-16-8-7-9-17-27/h7-10,12-18,20,23,26,28-29,31-32,34-35,43H,6,11,19,21-22H2,1-5H3,(H,40,44)/b18-10-/t23-,26-,28-,29-,31+,32+,34+,35-,39+/m0/s1. The molecule has 3 amide bonds. The van der Waals surface area contributed by atoms with E-state index >= 15 is 4.79 Å². The Bertz CT molecular complexity index is 1640. The normalized spacial score (nSPS) is 32.1. The summed E-state index contributed by atoms with van der Waals surface area (Å²) in [5, 5.41) is 13.7. The van der Waals surface area contributed by atoms with Crippen molar-refractivity contribution in [2.75, 3.05) is 18.1 Å². The van der Waals surface area contributed by atoms with Gasteiger partial charge in [-0.1, -0.05) is 93.1 Å². The molecule has 2 aromatic carbocycles. The van der Waals surface area contributed by atoms with Gasteiger partial charge in [0.2, 0.25) is 11.8 Å². The topological polar surface area (TPSA) is 125 Å². The summed E-state index contributed by atoms with van der Waals surface area (Å²) in [6.45, 7) is 9.51. The van der Waals surface area contributed by atoms with Crippen molar-refractivity contribution in [2.24, 2.45) is 17.8 Å². The molecule has 6 rings (SSSR count). The van der Waals surface area contributed by atoms with Crippen molar-refractivity contribution in [3.8, 4) is 0 Å². The second-order valence-corrected chi connectivity index (χ2v) is 13.9. The molecule has 4 aliphatic rings. The molecule has 0 aromatic heterocycles. The zero-order chi connectivity index (χ0) is 35.0. The summed E-state index contributed by atoms with van der Waals surface area (Å²) in [5.41, 5.74) is 1.77. The van der Waals surface area contributed by atoms with Gasteiger partial charge < -0.3 is 29.7 Å². The average Bonchev–Trinajstić information content (AvgIpc) is 3.47. The van der Waals surface area contributed by atoms with Gasteiger partial charge in [-0.05, 0) is 49.8 Å². The van der Waals surface area contributed by atoms with E-state index in [0.29, 0.717) is 18.4 Å². The maximum Gasteiger partial charge on any atom is 0.313 e. The van der Waals surface area contributed by atoms with Crippen molar-refractivity contribution in [3.63, 3.8) is 0 Å². The van der Waals surface area contributed by atoms with Crippen LogP contribution < -0.4 is 10.2 Å². The summed E-state index contributed by atoms with van der Waals surface area (Å²) in [4.78, 5) is 60.6. The van der Waals surface area contributed by atoms with Gasteiger partial charge in [0.1, 0.15) is 23.7 Å². The van der Waals surface area contributed by atoms with Gasteiger partial charge in [0.15, 0.2) is 0 Å². The first-order valence-electron chi connectivity index (χ1n) is 17.4. The molecule has 260 valence electrons. The molecule has 0 saturated carbocycles. The maximum absolute atomic E-state index is 15.0. The Hall–Kier alpha value is -4.28. The van der Waals surface area contributed by atoms with Gasteiger partial charge in [-0.3, -0.25) is 19.2 Å². The van der Waals surface area contributed by atoms with Crippen LogP contribution in [0.3, 0.4) is 0 Å². The number of amides is 3. The molecule has 4 aliphatic heterocycles. The van der Waals surface area contributed by atoms with Crippen LogP contribution in [0.4, 0.5) is 5.69 Å². The third-order valence-electron chi connectivity index (χ3n) is 10.8. The Kier molecular flexibility index (Phi) is 9.82. The number of fused-ring (bicyclic) bond motifs is 2. The maximum atomic E-state index is 15.0. The molecule has 2 N–H and O–H groups in total. The Morgan fingerprint density at radius 3 is 2.39 bits per heavy atom. The zero-order valence-corrected chi connectivity index (χ0v) is 28.9. The first-order valence-corrected chi connectivity index (χ1v) is 17.4. The van der Waals surface area contributed by atoms with Gasteiger partial charge in [-0.15, -0.1) is 0 Å². The van der Waals surface area contributed by atoms with Crippen LogP contribution in [-0.4, -0.2) is 76.7 Å². The van der Waals surface area contributed by atoms with Crippen molar-refractivity contribution in [2.45, 2.75) is 89.8 Å². The highest BCUT2D eigenvalue weighted by Crippen LogP contribution is 2.54. The smallest absolute Gasteiger partial charge is 0.313 e. The molecule has 0 radical (unpaired) electrons. The SMILES string of the molecule is CC[C@H](C)[C@H](CO)N1C(=O)[C@H]2[C@@H]3C(=O)O[C@@H](c4ccccc4)[C@H](C)NC(=O)CC/C=C\[C@@H]3O[C@]23C=CCN(c2c(C)cccc2C)C(=O)[C@H]13. The highest BCUT2D eigenvalue weighted by atomic mass is 16.6. The largest absolute Gasteiger partial charge is 0.455 e. The highest BCUT2D eigenvalue weighted by Gasteiger charge is 2.73. The Morgan fingerprint density at radius 2 is 1.71 bits per heavy atom. The lowest BCUT2D eigenvalue weighted by atomic mass is 9.77. The molecule has 2 fully saturated rings. The summed E-state index contributed by atoms with van der Waals surface area (Å²) >= 11 is 0. The summed E-state index contributed by atoms with van der Waals surface area (Å²) < 4.78 is 13.2. The zero-order valence-electron chi connectivity index (χ0n) is 28.9. The minimum atomic E-state index is -1.51. The molecular weight excluding hydrogens is 622 g/mol. The van der Waals surface area contributed by atoms with Gasteiger partial charge in [0, 0.05) is 18.7 Å². The van der Waals surface area contributed by atoms with E-state index in [9.17, 15) is 19.5 Å². The minimum Gasteiger partial charge on any atom is -0.455 e. The number of carbonyl (C=O) groups is 4. The molecule has 9 atom stereocenters. The predicted octanol–water partition coefficient (Wildman–Crippen LogP) is 4.33. The number of hydrogen-bond acceptors (Lipinski definition) is 7. The number of aliphatic hydroxyl groups is 1. The highest BCUT2D eigenvalue weighted by molar-refractivity contribution is 6.06. The number of aryl methyl sites for hydroxylation is 2. The van der Waals surface area contributed by atoms with Crippen molar-refractivity contribution < 1.29 is 33.8 Å². The van der Waals surface area contributed by atoms with E-state index < -0.39 is 59.6 Å². The second-order valence-electron chi connectivity index (χ2n) is 13.9. The van der Waals surface area contributed by atoms with Crippen LogP contribution in [0.15, 0.2) is 72.8 Å². The number of rotatable bonds is 6. The lowest BCUT2D eigenvalue weighted by Crippen LogP contribution is -2.59. The quantitative estimate of drug-likeness (QED) is 0.347. The summed E-state index contributed by atoms with van der Waals surface area (Å²) in [6, 6.07) is 12.6. The van der Waals surface area contributed by atoms with Crippen LogP contribution in [0, 0.1) is 31.6 Å². The van der Waals surface area contributed by atoms with Gasteiger partial charge in [-0.2, -0.15) is 0 Å². The average molecular weight is 670 g/mol. The number of cyclic esters (lactones) is 1. The third kappa shape index (κ3) is 5.99. The molecule has 1 spiro atoms. The van der Waals surface area contributed by atoms with Gasteiger partial charge >= 0.3 is 5.97 Å². The monoisotopic (exact) mass is 669 g/mol. The lowest BCUT2D eigenvalue weighted by molar-refractivity contribution is -0.162. The van der Waals surface area contributed by atoms with Crippen LogP contribution in [-0.2, 0) is 28.7 Å². The van der Waals surface area contributed by atoms with Crippen LogP contribution in [0.5, 0.6) is 0 Å². The molecule has 49 heavy (non-hydrogen) atoms. The molecule has 2 aromatic rings. The van der Waals surface area contributed by atoms with E-state index in [4.69, 9.17) is 9.47 Å². The first kappa shape index (κ1) is 34.6. The van der Waals surface area contributed by atoms with Gasteiger partial charge in [-0.25, -0.2) is 0 Å². The second kappa shape index (κ2) is 13.9. The predicted molar refractivity (Wildman–Crippen MR) is 184 cm³/mol. The van der Waals surface area contributed by atoms with E-state index in [1.54, 1.807) is 30.1 Å². The fourth-order valence-corrected chi connectivity index (χ4v) is 8.25. The molecule has 0 bridgehead atoms. The first-order chi connectivity index (χ1) is 23.5. The van der Waals surface area contributed by atoms with Crippen LogP contribution in [0.1, 0.15) is 62.8 Å². The Labute approximate surface area is 288 Å². The number of esters is 1. The summed E-state index contributed by atoms with van der Waals surface area (Å²) in [7, 11) is 0. The number of anilines is 1. The minimum absolute atomic E-state index is 0.149. The summed E-state index contributed by atoms with van der Waals surface area (Å²) in [6.07, 6.45) is 6.70. The van der Waals surface area contributed by atoms with Crippen molar-refractivity contribution in [1.29, 1.82) is 0 Å². The molecule has 4 heterocycles. The van der Waals surface area contributed by atoms with E-state index in [0.717, 1.165) is 16.8 Å². The van der Waals surface area contributed by atoms with Gasteiger partial charge in [0.05, 0.1) is 30.7 Å². The van der Waals surface area contributed by atoms with E-state index in [1.165, 1.54) is 4.90 Å². The number of ether oxygens (including phenoxy) is 2. The lowest BCUT2D eigenvalue weighted by Gasteiger charge is -2.40. The fraction of sp³-hybridized carbons (Fsp3) is 0.487. The number of allylic oxidation sites excluding steroid dienone is 1. The fourth-order valence-electron chi connectivity index (χ4n) is 8.25. The Morgan fingerprint density at radius 1 is 1.00 bits per heavy atom.